The third-order valence-electron chi connectivity index (χ3n) is 4.63. The summed E-state index contributed by atoms with van der Waals surface area (Å²) in [4.78, 5) is 19.6. The van der Waals surface area contributed by atoms with Gasteiger partial charge in [0, 0.05) is 62.6 Å². The van der Waals surface area contributed by atoms with Crippen LogP contribution in [0.1, 0.15) is 6.42 Å². The van der Waals surface area contributed by atoms with Gasteiger partial charge in [-0.2, -0.15) is 23.5 Å². The zero-order valence-corrected chi connectivity index (χ0v) is 14.9. The second-order valence-electron chi connectivity index (χ2n) is 6.05. The molecule has 0 saturated carbocycles. The Bertz CT molecular complexity index is 355. The molecule has 3 heterocycles. The normalized spacial score (nSPS) is 27.1. The van der Waals surface area contributed by atoms with Gasteiger partial charge in [0.2, 0.25) is 0 Å². The standard InChI is InChI=1S/C15H27N3O2S2/c19-15(17-6-11-21-12-7-17)18(14-1-10-22-13-14)3-2-16-4-8-20-9-5-16/h14H,1-13H2. The van der Waals surface area contributed by atoms with E-state index in [1.54, 1.807) is 0 Å². The van der Waals surface area contributed by atoms with Gasteiger partial charge in [-0.1, -0.05) is 0 Å². The molecule has 3 rings (SSSR count). The molecule has 0 aliphatic carbocycles. The van der Waals surface area contributed by atoms with Crippen molar-refractivity contribution < 1.29 is 9.53 Å². The fraction of sp³-hybridized carbons (Fsp3) is 0.933. The van der Waals surface area contributed by atoms with Crippen LogP contribution < -0.4 is 0 Å². The predicted octanol–water partition coefficient (Wildman–Crippen LogP) is 1.29. The van der Waals surface area contributed by atoms with Crippen molar-refractivity contribution in [2.45, 2.75) is 12.5 Å². The molecule has 7 heteroatoms. The minimum atomic E-state index is 0.279. The molecule has 0 N–H and O–H groups in total. The predicted molar refractivity (Wildman–Crippen MR) is 94.0 cm³/mol. The highest BCUT2D eigenvalue weighted by Gasteiger charge is 2.31. The molecule has 0 bridgehead atoms. The molecule has 0 spiro atoms. The Morgan fingerprint density at radius 1 is 1.09 bits per heavy atom. The van der Waals surface area contributed by atoms with E-state index in [1.165, 1.54) is 5.75 Å². The Kier molecular flexibility index (Phi) is 6.59. The van der Waals surface area contributed by atoms with E-state index in [4.69, 9.17) is 4.74 Å². The molecule has 126 valence electrons. The summed E-state index contributed by atoms with van der Waals surface area (Å²) in [6.07, 6.45) is 1.15. The first-order valence-corrected chi connectivity index (χ1v) is 10.7. The van der Waals surface area contributed by atoms with Crippen LogP contribution in [0.5, 0.6) is 0 Å². The Morgan fingerprint density at radius 3 is 2.55 bits per heavy atom. The van der Waals surface area contributed by atoms with Gasteiger partial charge >= 0.3 is 6.03 Å². The number of thioether (sulfide) groups is 2. The van der Waals surface area contributed by atoms with Crippen molar-refractivity contribution in [3.05, 3.63) is 0 Å². The minimum absolute atomic E-state index is 0.279. The number of hydrogen-bond donors (Lipinski definition) is 0. The van der Waals surface area contributed by atoms with Crippen LogP contribution in [-0.4, -0.2) is 102 Å². The van der Waals surface area contributed by atoms with Crippen LogP contribution in [0.15, 0.2) is 0 Å². The van der Waals surface area contributed by atoms with E-state index in [0.717, 1.165) is 76.2 Å². The highest BCUT2D eigenvalue weighted by Crippen LogP contribution is 2.24. The zero-order valence-electron chi connectivity index (χ0n) is 13.2. The molecule has 0 aromatic rings. The van der Waals surface area contributed by atoms with Gasteiger partial charge in [-0.15, -0.1) is 0 Å². The largest absolute Gasteiger partial charge is 0.379 e. The first kappa shape index (κ1) is 16.7. The van der Waals surface area contributed by atoms with Crippen LogP contribution in [0.2, 0.25) is 0 Å². The average Bonchev–Trinajstić information content (AvgIpc) is 3.11. The molecule has 2 amide bonds. The average molecular weight is 346 g/mol. The Hall–Kier alpha value is -0.110. The molecule has 22 heavy (non-hydrogen) atoms. The fourth-order valence-electron chi connectivity index (χ4n) is 3.21. The number of nitrogens with zero attached hydrogens (tertiary/aromatic N) is 3. The molecule has 0 radical (unpaired) electrons. The molecule has 3 fully saturated rings. The third-order valence-corrected chi connectivity index (χ3v) is 6.72. The molecular formula is C15H27N3O2S2. The summed E-state index contributed by atoms with van der Waals surface area (Å²) in [5, 5.41) is 0. The third kappa shape index (κ3) is 4.46. The number of carbonyl (C=O) groups excluding carboxylic acids is 1. The van der Waals surface area contributed by atoms with Crippen molar-refractivity contribution in [1.82, 2.24) is 14.7 Å². The van der Waals surface area contributed by atoms with Crippen molar-refractivity contribution in [1.29, 1.82) is 0 Å². The zero-order chi connectivity index (χ0) is 15.2. The number of urea groups is 1. The second-order valence-corrected chi connectivity index (χ2v) is 8.42. The van der Waals surface area contributed by atoms with Crippen molar-refractivity contribution in [3.63, 3.8) is 0 Å². The Morgan fingerprint density at radius 2 is 1.86 bits per heavy atom. The first-order valence-electron chi connectivity index (χ1n) is 8.36. The molecule has 3 saturated heterocycles. The molecule has 3 aliphatic heterocycles. The van der Waals surface area contributed by atoms with Gasteiger partial charge in [0.25, 0.3) is 0 Å². The number of carbonyl (C=O) groups is 1. The minimum Gasteiger partial charge on any atom is -0.379 e. The summed E-state index contributed by atoms with van der Waals surface area (Å²) in [5.41, 5.74) is 0. The molecule has 3 aliphatic rings. The quantitative estimate of drug-likeness (QED) is 0.767. The highest BCUT2D eigenvalue weighted by atomic mass is 32.2. The topological polar surface area (TPSA) is 36.0 Å². The van der Waals surface area contributed by atoms with Crippen LogP contribution in [0.4, 0.5) is 4.79 Å². The van der Waals surface area contributed by atoms with Gasteiger partial charge in [-0.25, -0.2) is 4.79 Å². The summed E-state index contributed by atoms with van der Waals surface area (Å²) in [6, 6.07) is 0.717. The van der Waals surface area contributed by atoms with Gasteiger partial charge in [0.15, 0.2) is 0 Å². The molecule has 1 unspecified atom stereocenters. The Balaban J connectivity index is 1.57. The summed E-state index contributed by atoms with van der Waals surface area (Å²) < 4.78 is 5.41. The number of rotatable bonds is 4. The number of hydrogen-bond acceptors (Lipinski definition) is 5. The van der Waals surface area contributed by atoms with Crippen LogP contribution in [0, 0.1) is 0 Å². The summed E-state index contributed by atoms with van der Waals surface area (Å²) in [5.74, 6) is 4.48. The smallest absolute Gasteiger partial charge is 0.320 e. The Labute approximate surface area is 142 Å². The lowest BCUT2D eigenvalue weighted by Gasteiger charge is -2.37. The van der Waals surface area contributed by atoms with Crippen LogP contribution in [0.25, 0.3) is 0 Å². The van der Waals surface area contributed by atoms with Crippen molar-refractivity contribution in [3.8, 4) is 0 Å². The van der Waals surface area contributed by atoms with Crippen LogP contribution in [0.3, 0.4) is 0 Å². The van der Waals surface area contributed by atoms with Crippen molar-refractivity contribution >= 4 is 29.6 Å². The molecular weight excluding hydrogens is 318 g/mol. The molecule has 0 aromatic carbocycles. The maximum atomic E-state index is 12.9. The van der Waals surface area contributed by atoms with Gasteiger partial charge in [-0.3, -0.25) is 4.90 Å². The van der Waals surface area contributed by atoms with E-state index in [9.17, 15) is 4.79 Å². The van der Waals surface area contributed by atoms with Gasteiger partial charge < -0.3 is 14.5 Å². The lowest BCUT2D eigenvalue weighted by atomic mass is 10.2. The van der Waals surface area contributed by atoms with Crippen molar-refractivity contribution in [2.24, 2.45) is 0 Å². The SMILES string of the molecule is O=C(N1CCSCC1)N(CCN1CCOCC1)C1CCSC1. The summed E-state index contributed by atoms with van der Waals surface area (Å²) in [7, 11) is 0. The maximum Gasteiger partial charge on any atom is 0.320 e. The lowest BCUT2D eigenvalue weighted by molar-refractivity contribution is 0.0326. The molecule has 5 nitrogen and oxygen atoms in total. The van der Waals surface area contributed by atoms with E-state index in [-0.39, 0.29) is 6.03 Å². The number of amides is 2. The van der Waals surface area contributed by atoms with E-state index < -0.39 is 0 Å². The van der Waals surface area contributed by atoms with E-state index >= 15 is 0 Å². The summed E-state index contributed by atoms with van der Waals surface area (Å²) >= 11 is 3.94. The van der Waals surface area contributed by atoms with E-state index in [2.05, 4.69) is 14.7 Å². The van der Waals surface area contributed by atoms with E-state index in [1.807, 2.05) is 23.5 Å². The molecule has 0 aromatic heterocycles. The summed E-state index contributed by atoms with van der Waals surface area (Å²) in [6.45, 7) is 7.35. The number of morpholine rings is 1. The molecule has 1 atom stereocenters. The van der Waals surface area contributed by atoms with Gasteiger partial charge in [0.05, 0.1) is 13.2 Å². The van der Waals surface area contributed by atoms with E-state index in [0.29, 0.717) is 6.04 Å². The van der Waals surface area contributed by atoms with Gasteiger partial charge in [-0.05, 0) is 12.2 Å². The highest BCUT2D eigenvalue weighted by molar-refractivity contribution is 7.99. The second kappa shape index (κ2) is 8.66. The van der Waals surface area contributed by atoms with Crippen LogP contribution in [-0.2, 0) is 4.74 Å². The van der Waals surface area contributed by atoms with Crippen molar-refractivity contribution in [2.75, 3.05) is 75.5 Å². The van der Waals surface area contributed by atoms with Gasteiger partial charge in [0.1, 0.15) is 0 Å². The first-order chi connectivity index (χ1) is 10.8. The maximum absolute atomic E-state index is 12.9. The number of ether oxygens (including phenoxy) is 1. The fourth-order valence-corrected chi connectivity index (χ4v) is 5.34. The monoisotopic (exact) mass is 345 g/mol. The lowest BCUT2D eigenvalue weighted by Crippen LogP contribution is -2.53. The van der Waals surface area contributed by atoms with Crippen LogP contribution >= 0.6 is 23.5 Å².